The molecule has 0 saturated carbocycles. The van der Waals surface area contributed by atoms with E-state index in [0.29, 0.717) is 30.4 Å². The molecule has 2 aromatic rings. The molecule has 3 rings (SSSR count). The number of amides is 1. The summed E-state index contributed by atoms with van der Waals surface area (Å²) in [5.74, 6) is 1.61. The molecular weight excluding hydrogens is 391 g/mol. The van der Waals surface area contributed by atoms with Crippen molar-refractivity contribution in [3.05, 3.63) is 41.3 Å². The van der Waals surface area contributed by atoms with Crippen molar-refractivity contribution in [1.82, 2.24) is 14.9 Å². The molecule has 0 bridgehead atoms. The average molecular weight is 427 g/mol. The number of aryl methyl sites for hydroxylation is 1. The van der Waals surface area contributed by atoms with Crippen molar-refractivity contribution in [3.63, 3.8) is 0 Å². The third kappa shape index (κ3) is 5.41. The maximum atomic E-state index is 13.7. The molecule has 0 N–H and O–H groups in total. The molecule has 1 aromatic heterocycles. The van der Waals surface area contributed by atoms with E-state index in [0.717, 1.165) is 62.3 Å². The molecule has 1 aliphatic heterocycles. The molecule has 1 aliphatic rings. The number of hydrogen-bond acceptors (Lipinski definition) is 4. The smallest absolute Gasteiger partial charge is 0.225 e. The monoisotopic (exact) mass is 426 g/mol. The summed E-state index contributed by atoms with van der Waals surface area (Å²) in [7, 11) is 0. The fourth-order valence-electron chi connectivity index (χ4n) is 4.36. The molecule has 6 heteroatoms. The molecule has 1 saturated heterocycles. The summed E-state index contributed by atoms with van der Waals surface area (Å²) >= 11 is 0. The maximum Gasteiger partial charge on any atom is 0.225 e. The number of carbonyl (C=O) groups is 1. The number of carbonyl (C=O) groups excluding carboxylic acids is 1. The molecule has 1 atom stereocenters. The Morgan fingerprint density at radius 2 is 1.87 bits per heavy atom. The molecule has 5 nitrogen and oxygen atoms in total. The number of halogens is 1. The van der Waals surface area contributed by atoms with Gasteiger partial charge in [-0.3, -0.25) is 4.79 Å². The molecule has 0 radical (unpaired) electrons. The number of nitrogens with zero attached hydrogens (tertiary/aromatic N) is 4. The molecular formula is C25H35FN4O. The molecule has 0 aliphatic carbocycles. The minimum Gasteiger partial charge on any atom is -0.353 e. The van der Waals surface area contributed by atoms with Crippen LogP contribution in [0.4, 0.5) is 10.2 Å². The van der Waals surface area contributed by atoms with Gasteiger partial charge in [0, 0.05) is 48.9 Å². The first kappa shape index (κ1) is 23.2. The van der Waals surface area contributed by atoms with Crippen molar-refractivity contribution in [2.24, 2.45) is 5.92 Å². The van der Waals surface area contributed by atoms with Gasteiger partial charge in [-0.15, -0.1) is 0 Å². The highest BCUT2D eigenvalue weighted by atomic mass is 19.1. The van der Waals surface area contributed by atoms with Crippen LogP contribution in [0.15, 0.2) is 24.3 Å². The van der Waals surface area contributed by atoms with Gasteiger partial charge in [0.15, 0.2) is 5.82 Å². The van der Waals surface area contributed by atoms with Gasteiger partial charge in [-0.1, -0.05) is 45.7 Å². The summed E-state index contributed by atoms with van der Waals surface area (Å²) in [4.78, 5) is 26.7. The third-order valence-electron chi connectivity index (χ3n) is 6.27. The minimum absolute atomic E-state index is 0.138. The Morgan fingerprint density at radius 3 is 2.48 bits per heavy atom. The Kier molecular flexibility index (Phi) is 7.99. The number of hydrogen-bond donors (Lipinski definition) is 0. The zero-order valence-electron chi connectivity index (χ0n) is 19.3. The molecule has 31 heavy (non-hydrogen) atoms. The lowest BCUT2D eigenvalue weighted by atomic mass is 9.97. The fraction of sp³-hybridized carbons (Fsp3) is 0.560. The van der Waals surface area contributed by atoms with Crippen LogP contribution in [0, 0.1) is 18.7 Å². The summed E-state index contributed by atoms with van der Waals surface area (Å²) in [5.41, 5.74) is 2.73. The fourth-order valence-corrected chi connectivity index (χ4v) is 4.36. The maximum absolute atomic E-state index is 13.7. The van der Waals surface area contributed by atoms with Gasteiger partial charge >= 0.3 is 0 Å². The molecule has 0 unspecified atom stereocenters. The Hall–Kier alpha value is -2.50. The number of piperazine rings is 1. The molecule has 1 amide bonds. The summed E-state index contributed by atoms with van der Waals surface area (Å²) < 4.78 is 13.7. The van der Waals surface area contributed by atoms with Crippen LogP contribution >= 0.6 is 0 Å². The zero-order valence-corrected chi connectivity index (χ0v) is 19.3. The number of benzene rings is 1. The predicted octanol–water partition coefficient (Wildman–Crippen LogP) is 5.02. The second-order valence-corrected chi connectivity index (χ2v) is 8.36. The lowest BCUT2D eigenvalue weighted by molar-refractivity contribution is -0.136. The van der Waals surface area contributed by atoms with Gasteiger partial charge in [0.1, 0.15) is 11.6 Å². The summed E-state index contributed by atoms with van der Waals surface area (Å²) in [6.07, 6.45) is 4.94. The normalized spacial score (nSPS) is 15.3. The van der Waals surface area contributed by atoms with E-state index < -0.39 is 0 Å². The number of unbranched alkanes of at least 4 members (excludes halogenated alkanes) is 1. The summed E-state index contributed by atoms with van der Waals surface area (Å²) in [5, 5.41) is 0. The quantitative estimate of drug-likeness (QED) is 0.595. The van der Waals surface area contributed by atoms with Gasteiger partial charge in [-0.05, 0) is 38.3 Å². The Labute approximate surface area is 185 Å². The highest BCUT2D eigenvalue weighted by molar-refractivity contribution is 5.79. The van der Waals surface area contributed by atoms with Crippen molar-refractivity contribution in [1.29, 1.82) is 0 Å². The average Bonchev–Trinajstić information content (AvgIpc) is 2.79. The molecule has 1 fully saturated rings. The number of rotatable bonds is 8. The van der Waals surface area contributed by atoms with Crippen LogP contribution in [-0.4, -0.2) is 47.0 Å². The van der Waals surface area contributed by atoms with Crippen LogP contribution in [-0.2, 0) is 11.2 Å². The second-order valence-electron chi connectivity index (χ2n) is 8.36. The van der Waals surface area contributed by atoms with E-state index in [1.165, 1.54) is 12.1 Å². The molecule has 168 valence electrons. The van der Waals surface area contributed by atoms with Crippen molar-refractivity contribution in [2.75, 3.05) is 31.1 Å². The zero-order chi connectivity index (χ0) is 22.4. The standard InChI is InChI=1S/C25H35FN4O/c1-5-8-10-19(6-2)25(31)30-15-13-29(14-16-30)24-22(7-3)18(4)27-23(28-24)20-11-9-12-21(26)17-20/h9,11-12,17,19H,5-8,10,13-16H2,1-4H3/t19-/m1/s1. The van der Waals surface area contributed by atoms with Crippen molar-refractivity contribution < 1.29 is 9.18 Å². The third-order valence-corrected chi connectivity index (χ3v) is 6.27. The van der Waals surface area contributed by atoms with Gasteiger partial charge in [-0.2, -0.15) is 0 Å². The van der Waals surface area contributed by atoms with Crippen LogP contribution in [0.2, 0.25) is 0 Å². The highest BCUT2D eigenvalue weighted by Crippen LogP contribution is 2.27. The minimum atomic E-state index is -0.291. The van der Waals surface area contributed by atoms with E-state index >= 15 is 0 Å². The van der Waals surface area contributed by atoms with Gasteiger partial charge in [-0.25, -0.2) is 14.4 Å². The first-order valence-corrected chi connectivity index (χ1v) is 11.7. The largest absolute Gasteiger partial charge is 0.353 e. The highest BCUT2D eigenvalue weighted by Gasteiger charge is 2.28. The van der Waals surface area contributed by atoms with Gasteiger partial charge in [0.2, 0.25) is 5.91 Å². The Balaban J connectivity index is 1.78. The van der Waals surface area contributed by atoms with Crippen molar-refractivity contribution >= 4 is 11.7 Å². The van der Waals surface area contributed by atoms with Crippen molar-refractivity contribution in [2.45, 2.75) is 59.8 Å². The second kappa shape index (κ2) is 10.7. The summed E-state index contributed by atoms with van der Waals surface area (Å²) in [6.45, 7) is 11.3. The molecule has 2 heterocycles. The van der Waals surface area contributed by atoms with E-state index in [9.17, 15) is 9.18 Å². The van der Waals surface area contributed by atoms with Crippen LogP contribution < -0.4 is 4.90 Å². The predicted molar refractivity (Wildman–Crippen MR) is 124 cm³/mol. The van der Waals surface area contributed by atoms with E-state index in [4.69, 9.17) is 4.98 Å². The van der Waals surface area contributed by atoms with Gasteiger partial charge in [0.25, 0.3) is 0 Å². The SMILES string of the molecule is CCCC[C@@H](CC)C(=O)N1CCN(c2nc(-c3cccc(F)c3)nc(C)c2CC)CC1. The number of anilines is 1. The topological polar surface area (TPSA) is 49.3 Å². The molecule has 1 aromatic carbocycles. The summed E-state index contributed by atoms with van der Waals surface area (Å²) in [6, 6.07) is 6.43. The van der Waals surface area contributed by atoms with Crippen LogP contribution in [0.1, 0.15) is 57.7 Å². The van der Waals surface area contributed by atoms with E-state index in [1.807, 2.05) is 17.9 Å². The van der Waals surface area contributed by atoms with E-state index in [-0.39, 0.29) is 11.7 Å². The van der Waals surface area contributed by atoms with Crippen LogP contribution in [0.25, 0.3) is 11.4 Å². The first-order chi connectivity index (χ1) is 15.0. The van der Waals surface area contributed by atoms with E-state index in [1.54, 1.807) is 6.07 Å². The first-order valence-electron chi connectivity index (χ1n) is 11.7. The van der Waals surface area contributed by atoms with Gasteiger partial charge < -0.3 is 9.80 Å². The van der Waals surface area contributed by atoms with Gasteiger partial charge in [0.05, 0.1) is 0 Å². The Bertz CT molecular complexity index is 893. The van der Waals surface area contributed by atoms with Crippen molar-refractivity contribution in [3.8, 4) is 11.4 Å². The lowest BCUT2D eigenvalue weighted by Gasteiger charge is -2.38. The van der Waals surface area contributed by atoms with Crippen LogP contribution in [0.5, 0.6) is 0 Å². The van der Waals surface area contributed by atoms with E-state index in [2.05, 4.69) is 30.7 Å². The Morgan fingerprint density at radius 1 is 1.13 bits per heavy atom. The van der Waals surface area contributed by atoms with Crippen LogP contribution in [0.3, 0.4) is 0 Å². The number of aromatic nitrogens is 2. The molecule has 0 spiro atoms. The lowest BCUT2D eigenvalue weighted by Crippen LogP contribution is -2.51.